The Morgan fingerprint density at radius 3 is 2.07 bits per heavy atom. The molecule has 0 radical (unpaired) electrons. The minimum absolute atomic E-state index is 0.331. The van der Waals surface area contributed by atoms with Gasteiger partial charge in [0.1, 0.15) is 0 Å². The molecular weight excluding hydrogens is 380 g/mol. The number of hydrogen-bond donors (Lipinski definition) is 0. The number of thioether (sulfide) groups is 1. The number of ether oxygens (including phenoxy) is 1. The molecule has 3 nitrogen and oxygen atoms in total. The molecule has 2 aromatic rings. The zero-order valence-corrected chi connectivity index (χ0v) is 18.5. The lowest BCUT2D eigenvalue weighted by atomic mass is 9.71. The highest BCUT2D eigenvalue weighted by atomic mass is 32.2. The summed E-state index contributed by atoms with van der Waals surface area (Å²) in [4.78, 5) is 13.6. The molecule has 29 heavy (non-hydrogen) atoms. The monoisotopic (exact) mass is 412 g/mol. The molecule has 2 aliphatic rings. The van der Waals surface area contributed by atoms with Crippen LogP contribution in [0.25, 0.3) is 0 Å². The van der Waals surface area contributed by atoms with Crippen molar-refractivity contribution in [2.45, 2.75) is 62.7 Å². The zero-order valence-electron chi connectivity index (χ0n) is 17.7. The Labute approximate surface area is 179 Å². The molecule has 0 bridgehead atoms. The number of benzene rings is 2. The highest BCUT2D eigenvalue weighted by Crippen LogP contribution is 2.47. The largest absolute Gasteiger partial charge is 0.344 e. The van der Waals surface area contributed by atoms with Crippen molar-refractivity contribution in [2.75, 3.05) is 12.4 Å². The maximum Gasteiger partial charge on any atom is 0.201 e. The summed E-state index contributed by atoms with van der Waals surface area (Å²) in [5, 5.41) is 0. The predicted molar refractivity (Wildman–Crippen MR) is 118 cm³/mol. The number of hydrogen-bond acceptors (Lipinski definition) is 4. The van der Waals surface area contributed by atoms with Crippen LogP contribution in [-0.2, 0) is 20.1 Å². The lowest BCUT2D eigenvalue weighted by Crippen LogP contribution is -2.53. The van der Waals surface area contributed by atoms with Crippen molar-refractivity contribution in [3.05, 3.63) is 66.2 Å². The predicted octanol–water partition coefficient (Wildman–Crippen LogP) is 6.59. The second-order valence-electron chi connectivity index (χ2n) is 9.47. The minimum Gasteiger partial charge on any atom is -0.344 e. The van der Waals surface area contributed by atoms with Gasteiger partial charge in [-0.15, -0.1) is 11.8 Å². The first-order chi connectivity index (χ1) is 13.9. The molecular formula is C25H32O3S. The Morgan fingerprint density at radius 2 is 1.52 bits per heavy atom. The Bertz CT molecular complexity index is 767. The van der Waals surface area contributed by atoms with Gasteiger partial charge in [0.25, 0.3) is 0 Å². The van der Waals surface area contributed by atoms with E-state index in [1.165, 1.54) is 4.90 Å². The molecule has 1 unspecified atom stereocenters. The first-order valence-corrected chi connectivity index (χ1v) is 11.6. The molecule has 1 saturated carbocycles. The van der Waals surface area contributed by atoms with Crippen molar-refractivity contribution in [1.82, 2.24) is 0 Å². The maximum atomic E-state index is 6.47. The summed E-state index contributed by atoms with van der Waals surface area (Å²) in [6, 6.07) is 20.8. The summed E-state index contributed by atoms with van der Waals surface area (Å²) in [7, 11) is 0. The van der Waals surface area contributed by atoms with E-state index in [0.717, 1.165) is 37.0 Å². The van der Waals surface area contributed by atoms with Crippen LogP contribution >= 0.6 is 11.8 Å². The summed E-state index contributed by atoms with van der Waals surface area (Å²) >= 11 is 1.77. The van der Waals surface area contributed by atoms with Gasteiger partial charge in [0.2, 0.25) is 5.79 Å². The highest BCUT2D eigenvalue weighted by Gasteiger charge is 2.50. The molecule has 1 spiro atoms. The molecule has 156 valence electrons. The van der Waals surface area contributed by atoms with Gasteiger partial charge in [-0.3, -0.25) is 0 Å². The molecule has 4 heteroatoms. The van der Waals surface area contributed by atoms with E-state index in [2.05, 4.69) is 57.2 Å². The van der Waals surface area contributed by atoms with Crippen LogP contribution < -0.4 is 0 Å². The van der Waals surface area contributed by atoms with Crippen molar-refractivity contribution >= 4 is 11.8 Å². The fourth-order valence-electron chi connectivity index (χ4n) is 4.34. The molecule has 1 heterocycles. The third kappa shape index (κ3) is 4.72. The second-order valence-corrected chi connectivity index (χ2v) is 10.5. The van der Waals surface area contributed by atoms with Gasteiger partial charge >= 0.3 is 0 Å². The van der Waals surface area contributed by atoms with Crippen LogP contribution in [0.2, 0.25) is 0 Å². The quantitative estimate of drug-likeness (QED) is 0.418. The first kappa shape index (κ1) is 20.9. The standard InChI is InChI=1S/C25H32O3S/c1-23(2,3)20-14-16-25(17-15-20)26-18-24(27-28-25,21-10-6-4-7-11-21)19-29-22-12-8-5-9-13-22/h4-13,20H,14-19H2,1-3H3. The minimum atomic E-state index is -0.603. The van der Waals surface area contributed by atoms with E-state index in [4.69, 9.17) is 14.5 Å². The molecule has 4 rings (SSSR count). The molecule has 0 N–H and O–H groups in total. The van der Waals surface area contributed by atoms with Crippen LogP contribution in [0.5, 0.6) is 0 Å². The van der Waals surface area contributed by atoms with E-state index in [0.29, 0.717) is 17.9 Å². The van der Waals surface area contributed by atoms with E-state index < -0.39 is 11.4 Å². The van der Waals surface area contributed by atoms with E-state index in [9.17, 15) is 0 Å². The van der Waals surface area contributed by atoms with Gasteiger partial charge in [-0.1, -0.05) is 69.3 Å². The average molecular weight is 413 g/mol. The van der Waals surface area contributed by atoms with Crippen LogP contribution in [0.3, 0.4) is 0 Å². The molecule has 1 atom stereocenters. The molecule has 1 aliphatic heterocycles. The summed E-state index contributed by atoms with van der Waals surface area (Å²) in [6.45, 7) is 7.50. The van der Waals surface area contributed by atoms with E-state index in [1.807, 2.05) is 24.3 Å². The summed E-state index contributed by atoms with van der Waals surface area (Å²) in [6.07, 6.45) is 4.02. The van der Waals surface area contributed by atoms with Crippen molar-refractivity contribution in [2.24, 2.45) is 11.3 Å². The normalized spacial score (nSPS) is 30.4. The third-order valence-electron chi connectivity index (χ3n) is 6.41. The fraction of sp³-hybridized carbons (Fsp3) is 0.520. The highest BCUT2D eigenvalue weighted by molar-refractivity contribution is 7.99. The van der Waals surface area contributed by atoms with Crippen LogP contribution in [0.1, 0.15) is 52.0 Å². The van der Waals surface area contributed by atoms with Crippen LogP contribution in [-0.4, -0.2) is 18.1 Å². The Kier molecular flexibility index (Phi) is 6.08. The summed E-state index contributed by atoms with van der Waals surface area (Å²) < 4.78 is 6.47. The lowest BCUT2D eigenvalue weighted by Gasteiger charge is -2.48. The van der Waals surface area contributed by atoms with Crippen molar-refractivity contribution in [3.8, 4) is 0 Å². The van der Waals surface area contributed by atoms with E-state index >= 15 is 0 Å². The SMILES string of the molecule is CC(C)(C)C1CCC2(CC1)OCC(CSc1ccccc1)(c1ccccc1)OO2. The number of rotatable bonds is 4. The first-order valence-electron chi connectivity index (χ1n) is 10.7. The molecule has 2 aromatic carbocycles. The van der Waals surface area contributed by atoms with Gasteiger partial charge < -0.3 is 4.74 Å². The molecule has 1 saturated heterocycles. The molecule has 1 aliphatic carbocycles. The maximum absolute atomic E-state index is 6.47. The van der Waals surface area contributed by atoms with Gasteiger partial charge in [-0.2, -0.15) is 0 Å². The van der Waals surface area contributed by atoms with Gasteiger partial charge in [0, 0.05) is 23.5 Å². The molecule has 2 fully saturated rings. The summed E-state index contributed by atoms with van der Waals surface area (Å²) in [5.74, 6) is 0.855. The Hall–Kier alpha value is -1.33. The van der Waals surface area contributed by atoms with Crippen molar-refractivity contribution in [1.29, 1.82) is 0 Å². The molecule has 0 amide bonds. The van der Waals surface area contributed by atoms with Gasteiger partial charge in [-0.05, 0) is 41.9 Å². The van der Waals surface area contributed by atoms with E-state index in [-0.39, 0.29) is 0 Å². The zero-order chi connectivity index (χ0) is 20.4. The lowest BCUT2D eigenvalue weighted by molar-refractivity contribution is -0.518. The smallest absolute Gasteiger partial charge is 0.201 e. The topological polar surface area (TPSA) is 27.7 Å². The second kappa shape index (κ2) is 8.43. The Morgan fingerprint density at radius 1 is 0.897 bits per heavy atom. The third-order valence-corrected chi connectivity index (χ3v) is 7.62. The van der Waals surface area contributed by atoms with Crippen molar-refractivity contribution < 1.29 is 14.5 Å². The summed E-state index contributed by atoms with van der Waals surface area (Å²) in [5.41, 5.74) is 0.826. The molecule has 0 aromatic heterocycles. The van der Waals surface area contributed by atoms with Gasteiger partial charge in [-0.25, -0.2) is 9.78 Å². The average Bonchev–Trinajstić information content (AvgIpc) is 2.75. The van der Waals surface area contributed by atoms with Crippen LogP contribution in [0, 0.1) is 11.3 Å². The van der Waals surface area contributed by atoms with E-state index in [1.54, 1.807) is 11.8 Å². The van der Waals surface area contributed by atoms with Crippen LogP contribution in [0.15, 0.2) is 65.6 Å². The van der Waals surface area contributed by atoms with Gasteiger partial charge in [0.15, 0.2) is 5.60 Å². The van der Waals surface area contributed by atoms with Crippen molar-refractivity contribution in [3.63, 3.8) is 0 Å². The Balaban J connectivity index is 1.47. The van der Waals surface area contributed by atoms with Gasteiger partial charge in [0.05, 0.1) is 6.61 Å². The fourth-order valence-corrected chi connectivity index (χ4v) is 5.39. The van der Waals surface area contributed by atoms with Crippen LogP contribution in [0.4, 0.5) is 0 Å².